The van der Waals surface area contributed by atoms with Gasteiger partial charge >= 0.3 is 5.97 Å². The molecule has 3 rings (SSSR count). The Bertz CT molecular complexity index is 774. The van der Waals surface area contributed by atoms with Gasteiger partial charge in [0.2, 0.25) is 0 Å². The van der Waals surface area contributed by atoms with Gasteiger partial charge in [-0.2, -0.15) is 0 Å². The lowest BCUT2D eigenvalue weighted by molar-refractivity contribution is -0.146. The van der Waals surface area contributed by atoms with E-state index in [2.05, 4.69) is 0 Å². The molecule has 0 fully saturated rings. The van der Waals surface area contributed by atoms with Gasteiger partial charge in [-0.3, -0.25) is 4.79 Å². The van der Waals surface area contributed by atoms with Crippen molar-refractivity contribution in [2.75, 3.05) is 7.11 Å². The van der Waals surface area contributed by atoms with Crippen molar-refractivity contribution in [2.24, 2.45) is 0 Å². The number of benzene rings is 1. The minimum absolute atomic E-state index is 0.315. The van der Waals surface area contributed by atoms with E-state index in [1.807, 2.05) is 24.3 Å². The van der Waals surface area contributed by atoms with Crippen molar-refractivity contribution < 1.29 is 14.3 Å². The minimum Gasteiger partial charge on any atom is -0.467 e. The lowest BCUT2D eigenvalue weighted by Gasteiger charge is -2.35. The highest BCUT2D eigenvalue weighted by molar-refractivity contribution is 7.20. The Kier molecular flexibility index (Phi) is 4.62. The molecule has 7 heteroatoms. The maximum absolute atomic E-state index is 12.9. The standard InChI is InChI=1S/C16H13Cl2NO3S/c1-22-16(21)12-6-9-4-2-3-5-10(9)8-19(12)15(20)11-7-13(17)23-14(11)18/h2-5,7,12H,6,8H2,1H3. The second kappa shape index (κ2) is 6.51. The van der Waals surface area contributed by atoms with Crippen LogP contribution in [-0.2, 0) is 22.5 Å². The maximum atomic E-state index is 12.9. The van der Waals surface area contributed by atoms with E-state index < -0.39 is 12.0 Å². The third-order valence-electron chi connectivity index (χ3n) is 3.87. The van der Waals surface area contributed by atoms with E-state index in [1.54, 1.807) is 0 Å². The first kappa shape index (κ1) is 16.3. The molecular weight excluding hydrogens is 357 g/mol. The van der Waals surface area contributed by atoms with E-state index in [0.29, 0.717) is 27.2 Å². The van der Waals surface area contributed by atoms with Gasteiger partial charge in [0, 0.05) is 13.0 Å². The molecule has 1 aromatic heterocycles. The van der Waals surface area contributed by atoms with Crippen molar-refractivity contribution in [3.63, 3.8) is 0 Å². The fourth-order valence-corrected chi connectivity index (χ4v) is 4.17. The Balaban J connectivity index is 1.99. The molecule has 0 bridgehead atoms. The molecule has 2 heterocycles. The van der Waals surface area contributed by atoms with Crippen molar-refractivity contribution in [2.45, 2.75) is 19.0 Å². The summed E-state index contributed by atoms with van der Waals surface area (Å²) in [5.41, 5.74) is 2.37. The number of hydrogen-bond acceptors (Lipinski definition) is 4. The zero-order valence-corrected chi connectivity index (χ0v) is 14.5. The van der Waals surface area contributed by atoms with Crippen LogP contribution in [-0.4, -0.2) is 29.9 Å². The number of nitrogens with zero attached hydrogens (tertiary/aromatic N) is 1. The van der Waals surface area contributed by atoms with Gasteiger partial charge in [-0.15, -0.1) is 11.3 Å². The number of rotatable bonds is 2. The average Bonchev–Trinajstić information content (AvgIpc) is 2.90. The molecule has 1 aliphatic heterocycles. The van der Waals surface area contributed by atoms with Gasteiger partial charge in [0.05, 0.1) is 17.0 Å². The Morgan fingerprint density at radius 1 is 1.26 bits per heavy atom. The third-order valence-corrected chi connectivity index (χ3v) is 5.36. The molecular formula is C16H13Cl2NO3S. The number of esters is 1. The number of thiophene rings is 1. The molecule has 1 aliphatic rings. The van der Waals surface area contributed by atoms with Gasteiger partial charge in [0.25, 0.3) is 5.91 Å². The molecule has 1 aromatic carbocycles. The highest BCUT2D eigenvalue weighted by atomic mass is 35.5. The van der Waals surface area contributed by atoms with Crippen LogP contribution in [0.3, 0.4) is 0 Å². The lowest BCUT2D eigenvalue weighted by Crippen LogP contribution is -2.49. The molecule has 0 saturated carbocycles. The lowest BCUT2D eigenvalue weighted by atomic mass is 9.93. The number of fused-ring (bicyclic) bond motifs is 1. The molecule has 1 unspecified atom stereocenters. The number of halogens is 2. The molecule has 4 nitrogen and oxygen atoms in total. The normalized spacial score (nSPS) is 16.8. The number of amides is 1. The summed E-state index contributed by atoms with van der Waals surface area (Å²) in [7, 11) is 1.32. The topological polar surface area (TPSA) is 46.6 Å². The number of methoxy groups -OCH3 is 1. The van der Waals surface area contributed by atoms with Crippen LogP contribution < -0.4 is 0 Å². The molecule has 0 N–H and O–H groups in total. The number of ether oxygens (including phenoxy) is 1. The van der Waals surface area contributed by atoms with Crippen LogP contribution in [0.4, 0.5) is 0 Å². The fourth-order valence-electron chi connectivity index (χ4n) is 2.72. The Labute approximate surface area is 147 Å². The maximum Gasteiger partial charge on any atom is 0.328 e. The average molecular weight is 370 g/mol. The summed E-state index contributed by atoms with van der Waals surface area (Å²) in [6.45, 7) is 0.332. The largest absolute Gasteiger partial charge is 0.467 e. The van der Waals surface area contributed by atoms with Crippen LogP contribution >= 0.6 is 34.5 Å². The van der Waals surface area contributed by atoms with Gasteiger partial charge in [0.1, 0.15) is 10.4 Å². The summed E-state index contributed by atoms with van der Waals surface area (Å²) in [5, 5.41) is 0. The number of carbonyl (C=O) groups excluding carboxylic acids is 2. The van der Waals surface area contributed by atoms with E-state index in [4.69, 9.17) is 27.9 Å². The van der Waals surface area contributed by atoms with E-state index in [1.165, 1.54) is 18.1 Å². The number of carbonyl (C=O) groups is 2. The molecule has 2 aromatic rings. The van der Waals surface area contributed by atoms with Crippen LogP contribution in [0.5, 0.6) is 0 Å². The molecule has 0 aliphatic carbocycles. The summed E-state index contributed by atoms with van der Waals surface area (Å²) in [5.74, 6) is -0.756. The highest BCUT2D eigenvalue weighted by Crippen LogP contribution is 2.34. The summed E-state index contributed by atoms with van der Waals surface area (Å²) >= 11 is 13.1. The molecule has 0 radical (unpaired) electrons. The summed E-state index contributed by atoms with van der Waals surface area (Å²) < 4.78 is 5.62. The highest BCUT2D eigenvalue weighted by Gasteiger charge is 2.36. The van der Waals surface area contributed by atoms with E-state index >= 15 is 0 Å². The Morgan fingerprint density at radius 2 is 1.96 bits per heavy atom. The van der Waals surface area contributed by atoms with Crippen LogP contribution in [0.2, 0.25) is 8.67 Å². The van der Waals surface area contributed by atoms with Crippen molar-refractivity contribution in [3.05, 3.63) is 55.7 Å². The summed E-state index contributed by atoms with van der Waals surface area (Å²) in [6.07, 6.45) is 0.421. The minimum atomic E-state index is -0.669. The third kappa shape index (κ3) is 3.09. The van der Waals surface area contributed by atoms with Crippen molar-refractivity contribution >= 4 is 46.4 Å². The molecule has 0 saturated heterocycles. The van der Waals surface area contributed by atoms with Crippen molar-refractivity contribution in [1.82, 2.24) is 4.90 Å². The molecule has 120 valence electrons. The van der Waals surface area contributed by atoms with Gasteiger partial charge in [-0.05, 0) is 17.2 Å². The van der Waals surface area contributed by atoms with E-state index in [-0.39, 0.29) is 5.91 Å². The molecule has 1 atom stereocenters. The smallest absolute Gasteiger partial charge is 0.328 e. The molecule has 1 amide bonds. The van der Waals surface area contributed by atoms with Crippen LogP contribution in [0.1, 0.15) is 21.5 Å². The second-order valence-corrected chi connectivity index (χ2v) is 7.47. The van der Waals surface area contributed by atoms with Gasteiger partial charge in [-0.1, -0.05) is 47.5 Å². The van der Waals surface area contributed by atoms with E-state index in [0.717, 1.165) is 22.5 Å². The zero-order chi connectivity index (χ0) is 16.6. The first-order valence-electron chi connectivity index (χ1n) is 6.91. The first-order valence-corrected chi connectivity index (χ1v) is 8.49. The van der Waals surface area contributed by atoms with Gasteiger partial charge < -0.3 is 9.64 Å². The van der Waals surface area contributed by atoms with Crippen LogP contribution in [0, 0.1) is 0 Å². The Morgan fingerprint density at radius 3 is 2.57 bits per heavy atom. The molecule has 0 spiro atoms. The van der Waals surface area contributed by atoms with Crippen LogP contribution in [0.15, 0.2) is 30.3 Å². The van der Waals surface area contributed by atoms with E-state index in [9.17, 15) is 9.59 Å². The van der Waals surface area contributed by atoms with Gasteiger partial charge in [-0.25, -0.2) is 4.79 Å². The Hall–Kier alpha value is -1.56. The summed E-state index contributed by atoms with van der Waals surface area (Å²) in [4.78, 5) is 26.5. The first-order chi connectivity index (χ1) is 11.0. The summed E-state index contributed by atoms with van der Waals surface area (Å²) in [6, 6.07) is 8.60. The monoisotopic (exact) mass is 369 g/mol. The predicted molar refractivity (Wildman–Crippen MR) is 90.2 cm³/mol. The zero-order valence-electron chi connectivity index (χ0n) is 12.2. The second-order valence-electron chi connectivity index (χ2n) is 5.18. The molecule has 23 heavy (non-hydrogen) atoms. The fraction of sp³-hybridized carbons (Fsp3) is 0.250. The SMILES string of the molecule is COC(=O)C1Cc2ccccc2CN1C(=O)c1cc(Cl)sc1Cl. The quantitative estimate of drug-likeness (QED) is 0.756. The van der Waals surface area contributed by atoms with Crippen LogP contribution in [0.25, 0.3) is 0 Å². The van der Waals surface area contributed by atoms with Crippen molar-refractivity contribution in [1.29, 1.82) is 0 Å². The predicted octanol–water partition coefficient (Wildman–Crippen LogP) is 3.80. The van der Waals surface area contributed by atoms with Crippen molar-refractivity contribution in [3.8, 4) is 0 Å². The van der Waals surface area contributed by atoms with Gasteiger partial charge in [0.15, 0.2) is 0 Å². The number of hydrogen-bond donors (Lipinski definition) is 0.